The smallest absolute Gasteiger partial charge is 0.153 e. The van der Waals surface area contributed by atoms with Gasteiger partial charge in [-0.15, -0.1) is 0 Å². The van der Waals surface area contributed by atoms with Gasteiger partial charge in [0.2, 0.25) is 0 Å². The number of halogens is 1. The zero-order chi connectivity index (χ0) is 8.06. The van der Waals surface area contributed by atoms with E-state index in [1.807, 2.05) is 18.5 Å². The molecule has 0 saturated carbocycles. The number of nitrogens with zero attached hydrogens (tertiary/aromatic N) is 2. The SMILES string of the molecule is Cn1cnc(Cl)c1C1(C)CO1. The van der Waals surface area contributed by atoms with Crippen LogP contribution in [0.1, 0.15) is 12.6 Å². The quantitative estimate of drug-likeness (QED) is 0.599. The molecule has 2 heterocycles. The van der Waals surface area contributed by atoms with Gasteiger partial charge in [0.1, 0.15) is 5.60 Å². The summed E-state index contributed by atoms with van der Waals surface area (Å²) in [6, 6.07) is 0. The maximum absolute atomic E-state index is 5.86. The third-order valence-electron chi connectivity index (χ3n) is 1.97. The maximum Gasteiger partial charge on any atom is 0.153 e. The lowest BCUT2D eigenvalue weighted by atomic mass is 10.1. The molecule has 1 fully saturated rings. The average molecular weight is 173 g/mol. The number of hydrogen-bond donors (Lipinski definition) is 0. The van der Waals surface area contributed by atoms with Crippen molar-refractivity contribution >= 4 is 11.6 Å². The molecule has 1 atom stereocenters. The minimum atomic E-state index is -0.178. The number of imidazole rings is 1. The van der Waals surface area contributed by atoms with Crippen LogP contribution in [0.25, 0.3) is 0 Å². The monoisotopic (exact) mass is 172 g/mol. The molecular weight excluding hydrogens is 164 g/mol. The van der Waals surface area contributed by atoms with Gasteiger partial charge < -0.3 is 9.30 Å². The van der Waals surface area contributed by atoms with Crippen LogP contribution in [-0.4, -0.2) is 16.2 Å². The summed E-state index contributed by atoms with van der Waals surface area (Å²) in [5, 5.41) is 0.549. The van der Waals surface area contributed by atoms with Crippen LogP contribution in [0.3, 0.4) is 0 Å². The number of epoxide rings is 1. The van der Waals surface area contributed by atoms with Crippen LogP contribution in [0.4, 0.5) is 0 Å². The molecule has 0 spiro atoms. The summed E-state index contributed by atoms with van der Waals surface area (Å²) in [4.78, 5) is 3.97. The largest absolute Gasteiger partial charge is 0.363 e. The molecular formula is C7H9ClN2O. The Bertz CT molecular complexity index is 271. The topological polar surface area (TPSA) is 30.4 Å². The van der Waals surface area contributed by atoms with Crippen molar-refractivity contribution in [3.8, 4) is 0 Å². The molecule has 1 aliphatic heterocycles. The molecule has 0 aromatic carbocycles. The molecule has 0 radical (unpaired) electrons. The number of rotatable bonds is 1. The number of ether oxygens (including phenoxy) is 1. The average Bonchev–Trinajstić information content (AvgIpc) is 2.56. The van der Waals surface area contributed by atoms with Crippen LogP contribution in [0.5, 0.6) is 0 Å². The Morgan fingerprint density at radius 2 is 2.45 bits per heavy atom. The Balaban J connectivity index is 2.50. The fourth-order valence-electron chi connectivity index (χ4n) is 1.24. The summed E-state index contributed by atoms with van der Waals surface area (Å²) in [5.74, 6) is 0. The van der Waals surface area contributed by atoms with E-state index in [2.05, 4.69) is 4.98 Å². The van der Waals surface area contributed by atoms with Gasteiger partial charge in [-0.2, -0.15) is 0 Å². The van der Waals surface area contributed by atoms with Crippen LogP contribution in [-0.2, 0) is 17.4 Å². The van der Waals surface area contributed by atoms with Gasteiger partial charge >= 0.3 is 0 Å². The van der Waals surface area contributed by atoms with Crippen molar-refractivity contribution < 1.29 is 4.74 Å². The second-order valence-corrected chi connectivity index (χ2v) is 3.37. The first-order valence-corrected chi connectivity index (χ1v) is 3.82. The first-order chi connectivity index (χ1) is 5.13. The molecule has 1 aromatic heterocycles. The second-order valence-electron chi connectivity index (χ2n) is 3.01. The summed E-state index contributed by atoms with van der Waals surface area (Å²) in [6.07, 6.45) is 1.70. The summed E-state index contributed by atoms with van der Waals surface area (Å²) in [6.45, 7) is 2.75. The van der Waals surface area contributed by atoms with E-state index in [1.54, 1.807) is 6.33 Å². The van der Waals surface area contributed by atoms with Crippen LogP contribution < -0.4 is 0 Å². The third-order valence-corrected chi connectivity index (χ3v) is 2.25. The maximum atomic E-state index is 5.86. The molecule has 1 aliphatic rings. The molecule has 0 amide bonds. The zero-order valence-electron chi connectivity index (χ0n) is 6.47. The summed E-state index contributed by atoms with van der Waals surface area (Å²) < 4.78 is 7.15. The van der Waals surface area contributed by atoms with Gasteiger partial charge in [0.15, 0.2) is 5.15 Å². The van der Waals surface area contributed by atoms with Gasteiger partial charge in [0.25, 0.3) is 0 Å². The highest BCUT2D eigenvalue weighted by Crippen LogP contribution is 2.40. The Morgan fingerprint density at radius 3 is 2.82 bits per heavy atom. The molecule has 0 N–H and O–H groups in total. The van der Waals surface area contributed by atoms with Crippen molar-refractivity contribution in [3.63, 3.8) is 0 Å². The fourth-order valence-corrected chi connectivity index (χ4v) is 1.61. The summed E-state index contributed by atoms with van der Waals surface area (Å²) in [5.41, 5.74) is 0.793. The number of aryl methyl sites for hydroxylation is 1. The zero-order valence-corrected chi connectivity index (χ0v) is 7.22. The van der Waals surface area contributed by atoms with E-state index in [-0.39, 0.29) is 5.60 Å². The van der Waals surface area contributed by atoms with Crippen LogP contribution in [0.15, 0.2) is 6.33 Å². The lowest BCUT2D eigenvalue weighted by Crippen LogP contribution is -2.08. The Kier molecular flexibility index (Phi) is 1.29. The van der Waals surface area contributed by atoms with E-state index in [4.69, 9.17) is 16.3 Å². The standard InChI is InChI=1S/C7H9ClN2O/c1-7(3-11-7)5-6(8)9-4-10(5)2/h4H,3H2,1-2H3. The Labute approximate surface area is 69.9 Å². The number of aromatic nitrogens is 2. The van der Waals surface area contributed by atoms with Crippen LogP contribution >= 0.6 is 11.6 Å². The highest BCUT2D eigenvalue weighted by Gasteiger charge is 2.45. The molecule has 0 bridgehead atoms. The predicted octanol–water partition coefficient (Wildman–Crippen LogP) is 1.32. The second kappa shape index (κ2) is 1.99. The van der Waals surface area contributed by atoms with E-state index < -0.39 is 0 Å². The van der Waals surface area contributed by atoms with Gasteiger partial charge in [0, 0.05) is 7.05 Å². The van der Waals surface area contributed by atoms with E-state index in [0.717, 1.165) is 12.3 Å². The summed E-state index contributed by atoms with van der Waals surface area (Å²) in [7, 11) is 1.92. The van der Waals surface area contributed by atoms with Crippen molar-refractivity contribution in [2.75, 3.05) is 6.61 Å². The minimum Gasteiger partial charge on any atom is -0.363 e. The van der Waals surface area contributed by atoms with Crippen molar-refractivity contribution in [1.29, 1.82) is 0 Å². The Hall–Kier alpha value is -0.540. The molecule has 1 unspecified atom stereocenters. The van der Waals surface area contributed by atoms with Crippen LogP contribution in [0.2, 0.25) is 5.15 Å². The first-order valence-electron chi connectivity index (χ1n) is 3.45. The van der Waals surface area contributed by atoms with Crippen molar-refractivity contribution in [2.24, 2.45) is 7.05 Å². The first kappa shape index (κ1) is 7.13. The highest BCUT2D eigenvalue weighted by molar-refractivity contribution is 6.30. The molecule has 0 aliphatic carbocycles. The lowest BCUT2D eigenvalue weighted by molar-refractivity contribution is 0.319. The van der Waals surface area contributed by atoms with Gasteiger partial charge in [-0.25, -0.2) is 4.98 Å². The molecule has 11 heavy (non-hydrogen) atoms. The molecule has 60 valence electrons. The van der Waals surface area contributed by atoms with Crippen molar-refractivity contribution in [3.05, 3.63) is 17.2 Å². The van der Waals surface area contributed by atoms with Crippen LogP contribution in [0, 0.1) is 0 Å². The highest BCUT2D eigenvalue weighted by atomic mass is 35.5. The lowest BCUT2D eigenvalue weighted by Gasteiger charge is -2.05. The van der Waals surface area contributed by atoms with Crippen molar-refractivity contribution in [2.45, 2.75) is 12.5 Å². The molecule has 1 saturated heterocycles. The van der Waals surface area contributed by atoms with E-state index in [9.17, 15) is 0 Å². The molecule has 3 nitrogen and oxygen atoms in total. The van der Waals surface area contributed by atoms with Gasteiger partial charge in [-0.3, -0.25) is 0 Å². The van der Waals surface area contributed by atoms with Gasteiger partial charge in [0.05, 0.1) is 18.6 Å². The molecule has 4 heteroatoms. The van der Waals surface area contributed by atoms with Gasteiger partial charge in [-0.1, -0.05) is 11.6 Å². The fraction of sp³-hybridized carbons (Fsp3) is 0.571. The van der Waals surface area contributed by atoms with Gasteiger partial charge in [-0.05, 0) is 6.92 Å². The normalized spacial score (nSPS) is 29.0. The van der Waals surface area contributed by atoms with Crippen molar-refractivity contribution in [1.82, 2.24) is 9.55 Å². The number of hydrogen-bond acceptors (Lipinski definition) is 2. The van der Waals surface area contributed by atoms with E-state index >= 15 is 0 Å². The minimum absolute atomic E-state index is 0.178. The van der Waals surface area contributed by atoms with E-state index in [0.29, 0.717) is 5.15 Å². The molecule has 1 aromatic rings. The predicted molar refractivity (Wildman–Crippen MR) is 41.5 cm³/mol. The van der Waals surface area contributed by atoms with E-state index in [1.165, 1.54) is 0 Å². The Morgan fingerprint density at radius 1 is 1.82 bits per heavy atom. The molecule has 2 rings (SSSR count). The summed E-state index contributed by atoms with van der Waals surface area (Å²) >= 11 is 5.86. The third kappa shape index (κ3) is 0.957.